The lowest BCUT2D eigenvalue weighted by Crippen LogP contribution is -2.32. The molecule has 0 aromatic carbocycles. The number of carboxylic acids is 1. The molecule has 13 heavy (non-hydrogen) atoms. The minimum absolute atomic E-state index is 0.0717. The van der Waals surface area contributed by atoms with E-state index in [1.165, 1.54) is 0 Å². The van der Waals surface area contributed by atoms with Crippen LogP contribution < -0.4 is 5.73 Å². The number of aliphatic carboxylic acids is 1. The van der Waals surface area contributed by atoms with Gasteiger partial charge in [-0.2, -0.15) is 11.8 Å². The molecule has 0 aromatic rings. The van der Waals surface area contributed by atoms with Crippen molar-refractivity contribution in [2.24, 2.45) is 11.7 Å². The van der Waals surface area contributed by atoms with Gasteiger partial charge in [-0.15, -0.1) is 0 Å². The maximum atomic E-state index is 10.4. The first kappa shape index (κ1) is 12.8. The summed E-state index contributed by atoms with van der Waals surface area (Å²) in [6.07, 6.45) is 3.11. The molecule has 4 heteroatoms. The Kier molecular flexibility index (Phi) is 6.16. The van der Waals surface area contributed by atoms with Crippen molar-refractivity contribution in [1.29, 1.82) is 0 Å². The Morgan fingerprint density at radius 3 is 2.46 bits per heavy atom. The molecule has 0 fully saturated rings. The lowest BCUT2D eigenvalue weighted by Gasteiger charge is -2.20. The molecule has 0 aliphatic carbocycles. The van der Waals surface area contributed by atoms with Crippen LogP contribution in [0, 0.1) is 5.92 Å². The maximum Gasteiger partial charge on any atom is 0.304 e. The Morgan fingerprint density at radius 1 is 1.54 bits per heavy atom. The second-order valence-corrected chi connectivity index (χ2v) is 4.80. The first-order valence-corrected chi connectivity index (χ1v) is 5.76. The maximum absolute atomic E-state index is 10.4. The molecule has 0 rings (SSSR count). The van der Waals surface area contributed by atoms with E-state index in [0.29, 0.717) is 5.25 Å². The van der Waals surface area contributed by atoms with Crippen LogP contribution in [-0.2, 0) is 4.79 Å². The molecule has 0 amide bonds. The zero-order valence-electron chi connectivity index (χ0n) is 8.49. The molecule has 78 valence electrons. The summed E-state index contributed by atoms with van der Waals surface area (Å²) in [5.74, 6) is -0.533. The SMILES string of the molecule is CS[C@@H](C)CC(C)[C@H](N)CC(=O)O. The highest BCUT2D eigenvalue weighted by Crippen LogP contribution is 2.19. The smallest absolute Gasteiger partial charge is 0.304 e. The molecule has 3 N–H and O–H groups in total. The van der Waals surface area contributed by atoms with Crippen molar-refractivity contribution < 1.29 is 9.90 Å². The fourth-order valence-corrected chi connectivity index (χ4v) is 1.69. The Hall–Kier alpha value is -0.220. The second-order valence-electron chi connectivity index (χ2n) is 3.52. The Bertz CT molecular complexity index is 164. The third kappa shape index (κ3) is 5.93. The number of thioether (sulfide) groups is 1. The predicted octanol–water partition coefficient (Wildman–Crippen LogP) is 1.57. The Balaban J connectivity index is 3.81. The van der Waals surface area contributed by atoms with Gasteiger partial charge in [-0.1, -0.05) is 13.8 Å². The topological polar surface area (TPSA) is 63.3 Å². The molecular formula is C9H19NO2S. The fraction of sp³-hybridized carbons (Fsp3) is 0.889. The minimum Gasteiger partial charge on any atom is -0.481 e. The normalized spacial score (nSPS) is 17.8. The molecule has 0 saturated heterocycles. The number of hydrogen-bond acceptors (Lipinski definition) is 3. The molecule has 3 atom stereocenters. The van der Waals surface area contributed by atoms with Crippen molar-refractivity contribution >= 4 is 17.7 Å². The summed E-state index contributed by atoms with van der Waals surface area (Å²) in [6, 6.07) is -0.216. The van der Waals surface area contributed by atoms with Crippen LogP contribution >= 0.6 is 11.8 Å². The zero-order chi connectivity index (χ0) is 10.4. The first-order valence-electron chi connectivity index (χ1n) is 4.47. The quantitative estimate of drug-likeness (QED) is 0.691. The number of hydrogen-bond donors (Lipinski definition) is 2. The van der Waals surface area contributed by atoms with Crippen LogP contribution in [0.5, 0.6) is 0 Å². The van der Waals surface area contributed by atoms with Crippen LogP contribution in [0.15, 0.2) is 0 Å². The molecule has 0 aliphatic heterocycles. The van der Waals surface area contributed by atoms with Crippen LogP contribution in [0.3, 0.4) is 0 Å². The lowest BCUT2D eigenvalue weighted by molar-refractivity contribution is -0.137. The highest BCUT2D eigenvalue weighted by atomic mass is 32.2. The zero-order valence-corrected chi connectivity index (χ0v) is 9.30. The summed E-state index contributed by atoms with van der Waals surface area (Å²) in [5.41, 5.74) is 5.73. The van der Waals surface area contributed by atoms with Crippen molar-refractivity contribution in [1.82, 2.24) is 0 Å². The van der Waals surface area contributed by atoms with Crippen LogP contribution in [0.4, 0.5) is 0 Å². The summed E-state index contributed by atoms with van der Waals surface area (Å²) in [6.45, 7) is 4.15. The average Bonchev–Trinajstić information content (AvgIpc) is 2.02. The lowest BCUT2D eigenvalue weighted by atomic mass is 9.95. The molecule has 0 aromatic heterocycles. The van der Waals surface area contributed by atoms with Gasteiger partial charge in [0.1, 0.15) is 0 Å². The molecule has 0 saturated carbocycles. The second kappa shape index (κ2) is 6.27. The monoisotopic (exact) mass is 205 g/mol. The average molecular weight is 205 g/mol. The van der Waals surface area contributed by atoms with Crippen molar-refractivity contribution in [3.05, 3.63) is 0 Å². The largest absolute Gasteiger partial charge is 0.481 e. The molecule has 0 aliphatic rings. The van der Waals surface area contributed by atoms with Crippen molar-refractivity contribution in [2.45, 2.75) is 38.0 Å². The van der Waals surface area contributed by atoms with Gasteiger partial charge >= 0.3 is 5.97 Å². The van der Waals surface area contributed by atoms with E-state index in [-0.39, 0.29) is 18.4 Å². The fourth-order valence-electron chi connectivity index (χ4n) is 1.20. The van der Waals surface area contributed by atoms with E-state index >= 15 is 0 Å². The van der Waals surface area contributed by atoms with Gasteiger partial charge in [0, 0.05) is 11.3 Å². The summed E-state index contributed by atoms with van der Waals surface area (Å²) in [4.78, 5) is 10.4. The van der Waals surface area contributed by atoms with Crippen molar-refractivity contribution in [3.8, 4) is 0 Å². The van der Waals surface area contributed by atoms with E-state index in [2.05, 4.69) is 13.2 Å². The summed E-state index contributed by atoms with van der Waals surface area (Å²) in [5, 5.41) is 9.09. The van der Waals surface area contributed by atoms with Gasteiger partial charge in [-0.3, -0.25) is 4.79 Å². The molecular weight excluding hydrogens is 186 g/mol. The van der Waals surface area contributed by atoms with Crippen LogP contribution in [0.2, 0.25) is 0 Å². The number of nitrogens with two attached hydrogens (primary N) is 1. The molecule has 1 unspecified atom stereocenters. The van der Waals surface area contributed by atoms with Gasteiger partial charge in [0.2, 0.25) is 0 Å². The van der Waals surface area contributed by atoms with Crippen LogP contribution in [-0.4, -0.2) is 28.6 Å². The molecule has 0 heterocycles. The van der Waals surface area contributed by atoms with Gasteiger partial charge in [-0.25, -0.2) is 0 Å². The first-order chi connectivity index (χ1) is 5.97. The van der Waals surface area contributed by atoms with E-state index in [1.807, 2.05) is 6.92 Å². The van der Waals surface area contributed by atoms with Crippen molar-refractivity contribution in [3.63, 3.8) is 0 Å². The summed E-state index contributed by atoms with van der Waals surface area (Å²) < 4.78 is 0. The number of carbonyl (C=O) groups is 1. The van der Waals surface area contributed by atoms with Gasteiger partial charge < -0.3 is 10.8 Å². The summed E-state index contributed by atoms with van der Waals surface area (Å²) >= 11 is 1.79. The van der Waals surface area contributed by atoms with E-state index < -0.39 is 5.97 Å². The molecule has 3 nitrogen and oxygen atoms in total. The Morgan fingerprint density at radius 2 is 2.08 bits per heavy atom. The van der Waals surface area contributed by atoms with Gasteiger partial charge in [-0.05, 0) is 18.6 Å². The standard InChI is InChI=1S/C9H19NO2S/c1-6(4-7(2)13-3)8(10)5-9(11)12/h6-8H,4-5,10H2,1-3H3,(H,11,12)/t6?,7-,8+/m0/s1. The van der Waals surface area contributed by atoms with E-state index in [1.54, 1.807) is 11.8 Å². The van der Waals surface area contributed by atoms with Gasteiger partial charge in [0.05, 0.1) is 6.42 Å². The molecule has 0 radical (unpaired) electrons. The third-order valence-electron chi connectivity index (χ3n) is 2.25. The van der Waals surface area contributed by atoms with Crippen LogP contribution in [0.1, 0.15) is 26.7 Å². The minimum atomic E-state index is -0.809. The summed E-state index contributed by atoms with van der Waals surface area (Å²) in [7, 11) is 0. The predicted molar refractivity (Wildman–Crippen MR) is 57.0 cm³/mol. The highest BCUT2D eigenvalue weighted by molar-refractivity contribution is 7.99. The number of carboxylic acid groups (broad SMARTS) is 1. The van der Waals surface area contributed by atoms with Crippen molar-refractivity contribution in [2.75, 3.05) is 6.26 Å². The van der Waals surface area contributed by atoms with E-state index in [9.17, 15) is 4.79 Å². The van der Waals surface area contributed by atoms with E-state index in [4.69, 9.17) is 10.8 Å². The van der Waals surface area contributed by atoms with E-state index in [0.717, 1.165) is 6.42 Å². The van der Waals surface area contributed by atoms with Gasteiger partial charge in [0.15, 0.2) is 0 Å². The Labute approximate surface area is 84.1 Å². The van der Waals surface area contributed by atoms with Crippen LogP contribution in [0.25, 0.3) is 0 Å². The number of rotatable bonds is 6. The molecule has 0 bridgehead atoms. The van der Waals surface area contributed by atoms with Gasteiger partial charge in [0.25, 0.3) is 0 Å². The third-order valence-corrected chi connectivity index (χ3v) is 3.24. The molecule has 0 spiro atoms. The highest BCUT2D eigenvalue weighted by Gasteiger charge is 2.17.